The van der Waals surface area contributed by atoms with Crippen LogP contribution in [0.1, 0.15) is 64.2 Å². The number of nitrogens with one attached hydrogen (secondary N) is 1. The summed E-state index contributed by atoms with van der Waals surface area (Å²) in [6.07, 6.45) is 14.1. The molecule has 4 fully saturated rings. The van der Waals surface area contributed by atoms with Crippen molar-refractivity contribution in [3.8, 4) is 0 Å². The Labute approximate surface area is 124 Å². The summed E-state index contributed by atoms with van der Waals surface area (Å²) in [4.78, 5) is 0. The van der Waals surface area contributed by atoms with Crippen molar-refractivity contribution in [3.05, 3.63) is 0 Å². The fourth-order valence-corrected chi connectivity index (χ4v) is 5.83. The molecule has 0 bridgehead atoms. The van der Waals surface area contributed by atoms with Gasteiger partial charge in [-0.2, -0.15) is 0 Å². The second kappa shape index (κ2) is 5.28. The number of rotatable bonds is 3. The van der Waals surface area contributed by atoms with Gasteiger partial charge >= 0.3 is 0 Å². The van der Waals surface area contributed by atoms with Gasteiger partial charge in [0.1, 0.15) is 0 Å². The first kappa shape index (κ1) is 13.6. The molecule has 4 rings (SSSR count). The molecule has 3 aliphatic carbocycles. The van der Waals surface area contributed by atoms with Crippen LogP contribution in [0.4, 0.5) is 0 Å². The van der Waals surface area contributed by atoms with E-state index in [0.717, 1.165) is 36.3 Å². The fourth-order valence-electron chi connectivity index (χ4n) is 5.83. The highest BCUT2D eigenvalue weighted by Gasteiger charge is 2.50. The van der Waals surface area contributed by atoms with E-state index in [2.05, 4.69) is 12.4 Å². The van der Waals surface area contributed by atoms with E-state index in [1.54, 1.807) is 6.42 Å². The van der Waals surface area contributed by atoms with Crippen molar-refractivity contribution in [2.45, 2.75) is 75.9 Å². The van der Waals surface area contributed by atoms with Crippen molar-refractivity contribution in [3.63, 3.8) is 0 Å². The number of hydrogen-bond acceptors (Lipinski definition) is 2. The first-order valence-corrected chi connectivity index (χ1v) is 9.11. The second-order valence-electron chi connectivity index (χ2n) is 8.15. The Morgan fingerprint density at radius 3 is 2.45 bits per heavy atom. The monoisotopic (exact) mass is 277 g/mol. The molecule has 20 heavy (non-hydrogen) atoms. The van der Waals surface area contributed by atoms with Crippen LogP contribution in [0, 0.1) is 23.7 Å². The average molecular weight is 277 g/mol. The van der Waals surface area contributed by atoms with Gasteiger partial charge in [-0.05, 0) is 75.7 Å². The lowest BCUT2D eigenvalue weighted by Crippen LogP contribution is -2.49. The van der Waals surface area contributed by atoms with E-state index < -0.39 is 0 Å². The predicted octanol–water partition coefficient (Wildman–Crippen LogP) is 3.75. The maximum atomic E-state index is 6.30. The zero-order valence-corrected chi connectivity index (χ0v) is 13.1. The van der Waals surface area contributed by atoms with Gasteiger partial charge in [0.2, 0.25) is 0 Å². The topological polar surface area (TPSA) is 21.3 Å². The largest absolute Gasteiger partial charge is 0.375 e. The van der Waals surface area contributed by atoms with E-state index in [-0.39, 0.29) is 5.60 Å². The molecule has 0 aromatic carbocycles. The third-order valence-corrected chi connectivity index (χ3v) is 6.92. The molecule has 3 saturated carbocycles. The van der Waals surface area contributed by atoms with Crippen molar-refractivity contribution in [1.29, 1.82) is 0 Å². The molecule has 4 atom stereocenters. The highest BCUT2D eigenvalue weighted by molar-refractivity contribution is 5.02. The average Bonchev–Trinajstić information content (AvgIpc) is 3.08. The van der Waals surface area contributed by atoms with Crippen LogP contribution in [-0.2, 0) is 4.74 Å². The van der Waals surface area contributed by atoms with Crippen molar-refractivity contribution < 1.29 is 4.74 Å². The zero-order chi connectivity index (χ0) is 13.6. The number of fused-ring (bicyclic) bond motifs is 1. The standard InChI is InChI=1S/C18H31NO/c1-19-17(16-10-14-9-15(14)11-16)13-5-8-20-18(12-13)6-3-2-4-7-18/h13-17,19H,2-12H2,1H3. The van der Waals surface area contributed by atoms with Gasteiger partial charge in [-0.25, -0.2) is 0 Å². The SMILES string of the molecule is CNC(C1CC2CC2C1)C1CCOC2(CCCCC2)C1. The van der Waals surface area contributed by atoms with Crippen molar-refractivity contribution in [2.75, 3.05) is 13.7 Å². The molecule has 0 aromatic heterocycles. The van der Waals surface area contributed by atoms with Crippen molar-refractivity contribution >= 4 is 0 Å². The lowest BCUT2D eigenvalue weighted by molar-refractivity contribution is -0.124. The molecule has 0 aromatic rings. The first-order valence-electron chi connectivity index (χ1n) is 9.11. The lowest BCUT2D eigenvalue weighted by Gasteiger charge is -2.46. The molecule has 0 radical (unpaired) electrons. The summed E-state index contributed by atoms with van der Waals surface area (Å²) in [7, 11) is 2.21. The second-order valence-corrected chi connectivity index (χ2v) is 8.15. The molecular weight excluding hydrogens is 246 g/mol. The molecule has 1 aliphatic heterocycles. The van der Waals surface area contributed by atoms with Crippen LogP contribution in [0.3, 0.4) is 0 Å². The molecule has 114 valence electrons. The van der Waals surface area contributed by atoms with Crippen LogP contribution in [0.15, 0.2) is 0 Å². The molecule has 1 heterocycles. The summed E-state index contributed by atoms with van der Waals surface area (Å²) >= 11 is 0. The van der Waals surface area contributed by atoms with E-state index in [0.29, 0.717) is 0 Å². The van der Waals surface area contributed by atoms with E-state index >= 15 is 0 Å². The highest BCUT2D eigenvalue weighted by Crippen LogP contribution is 2.56. The summed E-state index contributed by atoms with van der Waals surface area (Å²) < 4.78 is 6.30. The van der Waals surface area contributed by atoms with Gasteiger partial charge in [-0.1, -0.05) is 19.3 Å². The lowest BCUT2D eigenvalue weighted by atomic mass is 9.71. The first-order chi connectivity index (χ1) is 9.80. The van der Waals surface area contributed by atoms with Crippen molar-refractivity contribution in [1.82, 2.24) is 5.32 Å². The highest BCUT2D eigenvalue weighted by atomic mass is 16.5. The van der Waals surface area contributed by atoms with Gasteiger partial charge in [0, 0.05) is 12.6 Å². The van der Waals surface area contributed by atoms with E-state index in [1.807, 2.05) is 0 Å². The number of hydrogen-bond donors (Lipinski definition) is 1. The smallest absolute Gasteiger partial charge is 0.0685 e. The van der Waals surface area contributed by atoms with Crippen molar-refractivity contribution in [2.24, 2.45) is 23.7 Å². The normalized spacial score (nSPS) is 44.2. The van der Waals surface area contributed by atoms with Gasteiger partial charge in [-0.3, -0.25) is 0 Å². The molecule has 1 N–H and O–H groups in total. The van der Waals surface area contributed by atoms with E-state index in [4.69, 9.17) is 4.74 Å². The summed E-state index contributed by atoms with van der Waals surface area (Å²) in [5, 5.41) is 3.72. The minimum absolute atomic E-state index is 0.276. The van der Waals surface area contributed by atoms with Crippen LogP contribution in [0.5, 0.6) is 0 Å². The summed E-state index contributed by atoms with van der Waals surface area (Å²) in [5.41, 5.74) is 0.276. The quantitative estimate of drug-likeness (QED) is 0.848. The predicted molar refractivity (Wildman–Crippen MR) is 81.7 cm³/mol. The van der Waals surface area contributed by atoms with Gasteiger partial charge in [0.05, 0.1) is 5.60 Å². The van der Waals surface area contributed by atoms with Gasteiger partial charge < -0.3 is 10.1 Å². The summed E-state index contributed by atoms with van der Waals surface area (Å²) in [5.74, 6) is 4.06. The van der Waals surface area contributed by atoms with Crippen LogP contribution in [0.25, 0.3) is 0 Å². The summed E-state index contributed by atoms with van der Waals surface area (Å²) in [6, 6.07) is 0.769. The zero-order valence-electron chi connectivity index (χ0n) is 13.1. The maximum Gasteiger partial charge on any atom is 0.0685 e. The van der Waals surface area contributed by atoms with Gasteiger partial charge in [0.15, 0.2) is 0 Å². The molecule has 1 saturated heterocycles. The Morgan fingerprint density at radius 1 is 1.00 bits per heavy atom. The Balaban J connectivity index is 1.43. The molecule has 2 heteroatoms. The molecule has 4 unspecified atom stereocenters. The Kier molecular flexibility index (Phi) is 3.58. The molecule has 1 spiro atoms. The number of ether oxygens (including phenoxy) is 1. The van der Waals surface area contributed by atoms with Crippen LogP contribution >= 0.6 is 0 Å². The molecule has 2 nitrogen and oxygen atoms in total. The Bertz CT molecular complexity index is 334. The third-order valence-electron chi connectivity index (χ3n) is 6.92. The minimum atomic E-state index is 0.276. The van der Waals surface area contributed by atoms with E-state index in [9.17, 15) is 0 Å². The maximum absolute atomic E-state index is 6.30. The summed E-state index contributed by atoms with van der Waals surface area (Å²) in [6.45, 7) is 1.02. The molecule has 0 amide bonds. The Hall–Kier alpha value is -0.0800. The van der Waals surface area contributed by atoms with Crippen LogP contribution in [-0.4, -0.2) is 25.3 Å². The third kappa shape index (κ3) is 2.43. The minimum Gasteiger partial charge on any atom is -0.375 e. The Morgan fingerprint density at radius 2 is 1.75 bits per heavy atom. The van der Waals surface area contributed by atoms with E-state index in [1.165, 1.54) is 57.8 Å². The van der Waals surface area contributed by atoms with Crippen LogP contribution < -0.4 is 5.32 Å². The van der Waals surface area contributed by atoms with Gasteiger partial charge in [-0.15, -0.1) is 0 Å². The van der Waals surface area contributed by atoms with Gasteiger partial charge in [0.25, 0.3) is 0 Å². The fraction of sp³-hybridized carbons (Fsp3) is 1.00. The molecule has 4 aliphatic rings. The molecular formula is C18H31NO. The van der Waals surface area contributed by atoms with Crippen LogP contribution in [0.2, 0.25) is 0 Å².